The summed E-state index contributed by atoms with van der Waals surface area (Å²) in [6.07, 6.45) is 0. The van der Waals surface area contributed by atoms with Crippen LogP contribution in [0.4, 0.5) is 5.82 Å². The number of pyridine rings is 1. The summed E-state index contributed by atoms with van der Waals surface area (Å²) in [5.41, 5.74) is 8.49. The minimum atomic E-state index is -1.05. The highest BCUT2D eigenvalue weighted by molar-refractivity contribution is 5.98. The Bertz CT molecular complexity index is 591. The first-order valence-electron chi connectivity index (χ1n) is 4.90. The maximum atomic E-state index is 10.9. The number of aromatic carboxylic acids is 1. The number of aryl methyl sites for hydroxylation is 2. The molecule has 0 spiro atoms. The van der Waals surface area contributed by atoms with E-state index in [1.54, 1.807) is 6.07 Å². The molecule has 0 amide bonds. The summed E-state index contributed by atoms with van der Waals surface area (Å²) >= 11 is 0. The summed E-state index contributed by atoms with van der Waals surface area (Å²) in [6.45, 7) is 3.89. The average molecular weight is 216 g/mol. The standard InChI is InChI=1S/C12H12N2O2/c1-6-3-7(2)10-8(4-6)5-9(12(15)16)11(13)14-10/h3-5H,1-2H3,(H2,13,14)(H,15,16). The Labute approximate surface area is 92.7 Å². The van der Waals surface area contributed by atoms with Crippen LogP contribution < -0.4 is 5.73 Å². The molecule has 1 aromatic carbocycles. The molecule has 1 heterocycles. The van der Waals surface area contributed by atoms with Gasteiger partial charge in [0.25, 0.3) is 0 Å². The monoisotopic (exact) mass is 216 g/mol. The third-order valence-corrected chi connectivity index (χ3v) is 2.51. The molecule has 0 fully saturated rings. The summed E-state index contributed by atoms with van der Waals surface area (Å²) in [7, 11) is 0. The highest BCUT2D eigenvalue weighted by Gasteiger charge is 2.11. The van der Waals surface area contributed by atoms with Crippen molar-refractivity contribution in [2.75, 3.05) is 5.73 Å². The van der Waals surface area contributed by atoms with Gasteiger partial charge in [0.15, 0.2) is 0 Å². The quantitative estimate of drug-likeness (QED) is 0.765. The van der Waals surface area contributed by atoms with Crippen LogP contribution in [0.25, 0.3) is 10.9 Å². The molecule has 2 rings (SSSR count). The fourth-order valence-electron chi connectivity index (χ4n) is 1.84. The number of hydrogen-bond donors (Lipinski definition) is 2. The molecule has 3 N–H and O–H groups in total. The Kier molecular flexibility index (Phi) is 2.27. The van der Waals surface area contributed by atoms with Gasteiger partial charge in [-0.2, -0.15) is 0 Å². The molecule has 0 saturated carbocycles. The molecule has 0 unspecified atom stereocenters. The molecule has 16 heavy (non-hydrogen) atoms. The zero-order valence-corrected chi connectivity index (χ0v) is 9.11. The number of fused-ring (bicyclic) bond motifs is 1. The number of rotatable bonds is 1. The minimum absolute atomic E-state index is 0.0532. The first-order chi connectivity index (χ1) is 7.49. The summed E-state index contributed by atoms with van der Waals surface area (Å²) in [5, 5.41) is 9.75. The largest absolute Gasteiger partial charge is 0.478 e. The Morgan fingerprint density at radius 3 is 2.62 bits per heavy atom. The van der Waals surface area contributed by atoms with Crippen molar-refractivity contribution in [3.05, 3.63) is 34.9 Å². The van der Waals surface area contributed by atoms with Crippen LogP contribution in [-0.4, -0.2) is 16.1 Å². The molecule has 82 valence electrons. The second kappa shape index (κ2) is 3.48. The lowest BCUT2D eigenvalue weighted by molar-refractivity contribution is 0.0698. The summed E-state index contributed by atoms with van der Waals surface area (Å²) in [4.78, 5) is 15.0. The second-order valence-corrected chi connectivity index (χ2v) is 3.88. The topological polar surface area (TPSA) is 76.2 Å². The maximum Gasteiger partial charge on any atom is 0.339 e. The molecular weight excluding hydrogens is 204 g/mol. The molecule has 4 heteroatoms. The fourth-order valence-corrected chi connectivity index (χ4v) is 1.84. The predicted octanol–water partition coefficient (Wildman–Crippen LogP) is 2.13. The molecule has 0 aliphatic carbocycles. The third kappa shape index (κ3) is 1.58. The van der Waals surface area contributed by atoms with Crippen molar-refractivity contribution in [1.82, 2.24) is 4.98 Å². The van der Waals surface area contributed by atoms with Crippen molar-refractivity contribution in [3.63, 3.8) is 0 Å². The summed E-state index contributed by atoms with van der Waals surface area (Å²) in [6, 6.07) is 5.47. The zero-order chi connectivity index (χ0) is 11.9. The highest BCUT2D eigenvalue weighted by Crippen LogP contribution is 2.22. The van der Waals surface area contributed by atoms with E-state index in [0.29, 0.717) is 0 Å². The van der Waals surface area contributed by atoms with Crippen molar-refractivity contribution in [3.8, 4) is 0 Å². The SMILES string of the molecule is Cc1cc(C)c2nc(N)c(C(=O)O)cc2c1. The summed E-state index contributed by atoms with van der Waals surface area (Å²) in [5.74, 6) is -0.988. The first kappa shape index (κ1) is 10.4. The van der Waals surface area contributed by atoms with Gasteiger partial charge in [-0.3, -0.25) is 0 Å². The molecule has 0 aliphatic heterocycles. The van der Waals surface area contributed by atoms with E-state index in [1.807, 2.05) is 26.0 Å². The van der Waals surface area contributed by atoms with Crippen molar-refractivity contribution in [2.45, 2.75) is 13.8 Å². The number of nitrogens with zero attached hydrogens (tertiary/aromatic N) is 1. The van der Waals surface area contributed by atoms with Gasteiger partial charge in [0.1, 0.15) is 11.4 Å². The normalized spacial score (nSPS) is 10.6. The van der Waals surface area contributed by atoms with E-state index in [0.717, 1.165) is 22.0 Å². The van der Waals surface area contributed by atoms with Gasteiger partial charge >= 0.3 is 5.97 Å². The lowest BCUT2D eigenvalue weighted by Crippen LogP contribution is -2.05. The Balaban J connectivity index is 2.84. The van der Waals surface area contributed by atoms with E-state index < -0.39 is 5.97 Å². The zero-order valence-electron chi connectivity index (χ0n) is 9.11. The van der Waals surface area contributed by atoms with Crippen molar-refractivity contribution in [1.29, 1.82) is 0 Å². The van der Waals surface area contributed by atoms with Crippen LogP contribution in [0.1, 0.15) is 21.5 Å². The average Bonchev–Trinajstić information content (AvgIpc) is 2.18. The number of hydrogen-bond acceptors (Lipinski definition) is 3. The second-order valence-electron chi connectivity index (χ2n) is 3.88. The number of carbonyl (C=O) groups is 1. The smallest absolute Gasteiger partial charge is 0.339 e. The van der Waals surface area contributed by atoms with Gasteiger partial charge in [-0.25, -0.2) is 9.78 Å². The van der Waals surface area contributed by atoms with Crippen LogP contribution >= 0.6 is 0 Å². The van der Waals surface area contributed by atoms with Gasteiger partial charge in [-0.05, 0) is 31.5 Å². The Morgan fingerprint density at radius 1 is 1.31 bits per heavy atom. The van der Waals surface area contributed by atoms with Gasteiger partial charge in [0, 0.05) is 5.39 Å². The van der Waals surface area contributed by atoms with E-state index in [9.17, 15) is 4.79 Å². The number of carboxylic acids is 1. The number of benzene rings is 1. The third-order valence-electron chi connectivity index (χ3n) is 2.51. The highest BCUT2D eigenvalue weighted by atomic mass is 16.4. The molecule has 0 bridgehead atoms. The Hall–Kier alpha value is -2.10. The predicted molar refractivity (Wildman–Crippen MR) is 62.6 cm³/mol. The van der Waals surface area contributed by atoms with E-state index >= 15 is 0 Å². The number of anilines is 1. The van der Waals surface area contributed by atoms with Crippen molar-refractivity contribution >= 4 is 22.7 Å². The van der Waals surface area contributed by atoms with Crippen LogP contribution in [-0.2, 0) is 0 Å². The first-order valence-corrected chi connectivity index (χ1v) is 4.90. The van der Waals surface area contributed by atoms with Gasteiger partial charge in [-0.1, -0.05) is 11.6 Å². The lowest BCUT2D eigenvalue weighted by Gasteiger charge is -2.06. The van der Waals surface area contributed by atoms with Crippen molar-refractivity contribution < 1.29 is 9.90 Å². The van der Waals surface area contributed by atoms with Gasteiger partial charge in [0.2, 0.25) is 0 Å². The molecule has 0 radical (unpaired) electrons. The number of aromatic nitrogens is 1. The van der Waals surface area contributed by atoms with Crippen molar-refractivity contribution in [2.24, 2.45) is 0 Å². The van der Waals surface area contributed by atoms with E-state index in [2.05, 4.69) is 4.98 Å². The van der Waals surface area contributed by atoms with E-state index in [1.165, 1.54) is 0 Å². The maximum absolute atomic E-state index is 10.9. The number of nitrogens with two attached hydrogens (primary N) is 1. The van der Waals surface area contributed by atoms with Crippen LogP contribution in [0, 0.1) is 13.8 Å². The molecule has 2 aromatic rings. The number of carboxylic acid groups (broad SMARTS) is 1. The fraction of sp³-hybridized carbons (Fsp3) is 0.167. The molecule has 4 nitrogen and oxygen atoms in total. The number of nitrogen functional groups attached to an aromatic ring is 1. The molecule has 0 aliphatic rings. The van der Waals surface area contributed by atoms with Crippen LogP contribution in [0.5, 0.6) is 0 Å². The Morgan fingerprint density at radius 2 is 2.00 bits per heavy atom. The molecule has 0 saturated heterocycles. The van der Waals surface area contributed by atoms with Crippen LogP contribution in [0.15, 0.2) is 18.2 Å². The van der Waals surface area contributed by atoms with E-state index in [-0.39, 0.29) is 11.4 Å². The molecular formula is C12H12N2O2. The summed E-state index contributed by atoms with van der Waals surface area (Å²) < 4.78 is 0. The lowest BCUT2D eigenvalue weighted by atomic mass is 10.0. The van der Waals surface area contributed by atoms with Gasteiger partial charge < -0.3 is 10.8 Å². The van der Waals surface area contributed by atoms with Gasteiger partial charge in [0.05, 0.1) is 5.52 Å². The minimum Gasteiger partial charge on any atom is -0.478 e. The molecule has 0 atom stereocenters. The molecule has 1 aromatic heterocycles. The van der Waals surface area contributed by atoms with Crippen LogP contribution in [0.3, 0.4) is 0 Å². The van der Waals surface area contributed by atoms with Gasteiger partial charge in [-0.15, -0.1) is 0 Å². The van der Waals surface area contributed by atoms with E-state index in [4.69, 9.17) is 10.8 Å². The van der Waals surface area contributed by atoms with Crippen LogP contribution in [0.2, 0.25) is 0 Å².